The van der Waals surface area contributed by atoms with Crippen molar-refractivity contribution in [3.63, 3.8) is 0 Å². The van der Waals surface area contributed by atoms with Crippen molar-refractivity contribution in [2.45, 2.75) is 25.4 Å². The first-order valence-electron chi connectivity index (χ1n) is 6.11. The molecule has 0 spiro atoms. The molecule has 5 heteroatoms. The Morgan fingerprint density at radius 1 is 1.42 bits per heavy atom. The predicted octanol–water partition coefficient (Wildman–Crippen LogP) is 2.51. The number of aliphatic hydroxyl groups excluding tert-OH is 2. The lowest BCUT2D eigenvalue weighted by Crippen LogP contribution is -2.09. The molecule has 0 amide bonds. The van der Waals surface area contributed by atoms with Gasteiger partial charge in [0.05, 0.1) is 12.5 Å². The molecule has 0 aliphatic rings. The maximum absolute atomic E-state index is 11.2. The maximum atomic E-state index is 11.2. The molecule has 4 nitrogen and oxygen atoms in total. The molecule has 2 rings (SSSR count). The molecule has 0 saturated carbocycles. The first kappa shape index (κ1) is 14.0. The Morgan fingerprint density at radius 2 is 2.16 bits per heavy atom. The summed E-state index contributed by atoms with van der Waals surface area (Å²) in [5.41, 5.74) is 1.46. The van der Waals surface area contributed by atoms with Gasteiger partial charge in [-0.05, 0) is 34.4 Å². The van der Waals surface area contributed by atoms with Crippen LogP contribution in [0.2, 0.25) is 0 Å². The molecule has 19 heavy (non-hydrogen) atoms. The van der Waals surface area contributed by atoms with E-state index in [-0.39, 0.29) is 6.61 Å². The van der Waals surface area contributed by atoms with Crippen molar-refractivity contribution in [1.82, 2.24) is 0 Å². The Balaban J connectivity index is 2.47. The molecule has 0 radical (unpaired) electrons. The number of thiophene rings is 1. The minimum Gasteiger partial charge on any atom is -0.481 e. The molecular weight excluding hydrogens is 264 g/mol. The minimum absolute atomic E-state index is 0.323. The van der Waals surface area contributed by atoms with Crippen LogP contribution in [0.25, 0.3) is 10.1 Å². The van der Waals surface area contributed by atoms with Gasteiger partial charge in [0.2, 0.25) is 0 Å². The van der Waals surface area contributed by atoms with Crippen molar-refractivity contribution in [3.05, 3.63) is 34.7 Å². The molecule has 1 heterocycles. The van der Waals surface area contributed by atoms with E-state index in [1.165, 1.54) is 11.3 Å². The standard InChI is InChI=1S/C14H16O4S/c1-2-9(14(17)18)11-7-19-13-5-8(12(16)6-15)3-4-10(11)13/h3-5,7,9,12,15-16H,2,6H2,1H3,(H,17,18). The van der Waals surface area contributed by atoms with Crippen LogP contribution in [-0.2, 0) is 4.79 Å². The minimum atomic E-state index is -0.892. The molecule has 2 unspecified atom stereocenters. The predicted molar refractivity (Wildman–Crippen MR) is 74.5 cm³/mol. The van der Waals surface area contributed by atoms with Crippen molar-refractivity contribution < 1.29 is 20.1 Å². The second-order valence-electron chi connectivity index (χ2n) is 4.44. The van der Waals surface area contributed by atoms with Gasteiger partial charge in [0.1, 0.15) is 6.10 Å². The van der Waals surface area contributed by atoms with Gasteiger partial charge in [0.25, 0.3) is 0 Å². The van der Waals surface area contributed by atoms with E-state index in [9.17, 15) is 15.0 Å². The van der Waals surface area contributed by atoms with Crippen LogP contribution in [0.4, 0.5) is 0 Å². The number of benzene rings is 1. The monoisotopic (exact) mass is 280 g/mol. The van der Waals surface area contributed by atoms with E-state index >= 15 is 0 Å². The largest absolute Gasteiger partial charge is 0.481 e. The van der Waals surface area contributed by atoms with Gasteiger partial charge in [0, 0.05) is 4.70 Å². The van der Waals surface area contributed by atoms with Gasteiger partial charge in [-0.1, -0.05) is 19.1 Å². The second kappa shape index (κ2) is 5.69. The van der Waals surface area contributed by atoms with E-state index in [2.05, 4.69) is 0 Å². The maximum Gasteiger partial charge on any atom is 0.311 e. The van der Waals surface area contributed by atoms with Crippen molar-refractivity contribution >= 4 is 27.4 Å². The molecule has 1 aromatic heterocycles. The van der Waals surface area contributed by atoms with Gasteiger partial charge in [-0.3, -0.25) is 4.79 Å². The molecule has 0 bridgehead atoms. The molecule has 2 atom stereocenters. The fourth-order valence-corrected chi connectivity index (χ4v) is 3.24. The smallest absolute Gasteiger partial charge is 0.311 e. The molecule has 0 aliphatic heterocycles. The molecule has 2 aromatic rings. The van der Waals surface area contributed by atoms with Gasteiger partial charge in [0.15, 0.2) is 0 Å². The molecule has 1 aromatic carbocycles. The third kappa shape index (κ3) is 2.63. The van der Waals surface area contributed by atoms with E-state index in [1.807, 2.05) is 18.4 Å². The summed E-state index contributed by atoms with van der Waals surface area (Å²) < 4.78 is 0.930. The van der Waals surface area contributed by atoms with Gasteiger partial charge >= 0.3 is 5.97 Å². The highest BCUT2D eigenvalue weighted by Crippen LogP contribution is 2.34. The number of fused-ring (bicyclic) bond motifs is 1. The lowest BCUT2D eigenvalue weighted by Gasteiger charge is -2.10. The summed E-state index contributed by atoms with van der Waals surface area (Å²) in [5.74, 6) is -1.32. The Morgan fingerprint density at radius 3 is 2.74 bits per heavy atom. The number of hydrogen-bond acceptors (Lipinski definition) is 4. The van der Waals surface area contributed by atoms with Crippen LogP contribution in [0.3, 0.4) is 0 Å². The van der Waals surface area contributed by atoms with Crippen LogP contribution in [0.1, 0.15) is 36.5 Å². The van der Waals surface area contributed by atoms with Crippen LogP contribution in [-0.4, -0.2) is 27.9 Å². The first-order chi connectivity index (χ1) is 9.08. The van der Waals surface area contributed by atoms with Crippen LogP contribution in [0.15, 0.2) is 23.6 Å². The Hall–Kier alpha value is -1.43. The molecular formula is C14H16O4S. The van der Waals surface area contributed by atoms with Crippen molar-refractivity contribution in [2.75, 3.05) is 6.61 Å². The van der Waals surface area contributed by atoms with Gasteiger partial charge in [-0.2, -0.15) is 0 Å². The number of hydrogen-bond donors (Lipinski definition) is 3. The third-order valence-corrected chi connectivity index (χ3v) is 4.23. The fraction of sp³-hybridized carbons (Fsp3) is 0.357. The van der Waals surface area contributed by atoms with Crippen LogP contribution < -0.4 is 0 Å². The van der Waals surface area contributed by atoms with Gasteiger partial charge < -0.3 is 15.3 Å². The molecule has 0 fully saturated rings. The van der Waals surface area contributed by atoms with Crippen LogP contribution in [0.5, 0.6) is 0 Å². The topological polar surface area (TPSA) is 77.8 Å². The van der Waals surface area contributed by atoms with Gasteiger partial charge in [-0.25, -0.2) is 0 Å². The third-order valence-electron chi connectivity index (χ3n) is 3.27. The summed E-state index contributed by atoms with van der Waals surface area (Å²) in [7, 11) is 0. The zero-order chi connectivity index (χ0) is 14.0. The van der Waals surface area contributed by atoms with E-state index in [0.717, 1.165) is 15.6 Å². The van der Waals surface area contributed by atoms with E-state index in [4.69, 9.17) is 5.11 Å². The Kier molecular flexibility index (Phi) is 4.19. The van der Waals surface area contributed by atoms with E-state index in [1.54, 1.807) is 12.1 Å². The summed E-state index contributed by atoms with van der Waals surface area (Å²) in [6.45, 7) is 1.53. The lowest BCUT2D eigenvalue weighted by molar-refractivity contribution is -0.138. The molecule has 102 valence electrons. The summed E-state index contributed by atoms with van der Waals surface area (Å²) in [6.07, 6.45) is -0.348. The van der Waals surface area contributed by atoms with Crippen LogP contribution >= 0.6 is 11.3 Å². The Labute approximate surface area is 114 Å². The van der Waals surface area contributed by atoms with Crippen LogP contribution in [0, 0.1) is 0 Å². The lowest BCUT2D eigenvalue weighted by atomic mass is 9.95. The average Bonchev–Trinajstić information content (AvgIpc) is 2.81. The summed E-state index contributed by atoms with van der Waals surface area (Å²) in [6, 6.07) is 5.36. The summed E-state index contributed by atoms with van der Waals surface area (Å²) in [5, 5.41) is 30.5. The van der Waals surface area contributed by atoms with Crippen molar-refractivity contribution in [3.8, 4) is 0 Å². The number of rotatable bonds is 5. The zero-order valence-electron chi connectivity index (χ0n) is 10.5. The SMILES string of the molecule is CCC(C(=O)O)c1csc2cc(C(O)CO)ccc12. The number of carboxylic acid groups (broad SMARTS) is 1. The highest BCUT2D eigenvalue weighted by molar-refractivity contribution is 7.17. The van der Waals surface area contributed by atoms with Crippen molar-refractivity contribution in [1.29, 1.82) is 0 Å². The molecule has 0 aliphatic carbocycles. The molecule has 0 saturated heterocycles. The zero-order valence-corrected chi connectivity index (χ0v) is 11.4. The quantitative estimate of drug-likeness (QED) is 0.786. The number of aliphatic hydroxyl groups is 2. The first-order valence-corrected chi connectivity index (χ1v) is 6.99. The number of carboxylic acids is 1. The highest BCUT2D eigenvalue weighted by atomic mass is 32.1. The highest BCUT2D eigenvalue weighted by Gasteiger charge is 2.21. The number of carbonyl (C=O) groups is 1. The van der Waals surface area contributed by atoms with E-state index in [0.29, 0.717) is 12.0 Å². The van der Waals surface area contributed by atoms with Crippen molar-refractivity contribution in [2.24, 2.45) is 0 Å². The average molecular weight is 280 g/mol. The van der Waals surface area contributed by atoms with E-state index < -0.39 is 18.0 Å². The summed E-state index contributed by atoms with van der Waals surface area (Å²) in [4.78, 5) is 11.2. The Bertz CT molecular complexity index is 590. The molecule has 3 N–H and O–H groups in total. The van der Waals surface area contributed by atoms with Gasteiger partial charge in [-0.15, -0.1) is 11.3 Å². The number of aliphatic carboxylic acids is 1. The second-order valence-corrected chi connectivity index (χ2v) is 5.36. The fourth-order valence-electron chi connectivity index (χ4n) is 2.18. The summed E-state index contributed by atoms with van der Waals surface area (Å²) >= 11 is 1.46. The normalized spacial score (nSPS) is 14.5.